The summed E-state index contributed by atoms with van der Waals surface area (Å²) in [6, 6.07) is 6.82. The van der Waals surface area contributed by atoms with Crippen molar-refractivity contribution in [2.24, 2.45) is 28.6 Å². The number of carbonyl (C=O) groups excluding carboxylic acids is 3. The molecule has 3 saturated carbocycles. The van der Waals surface area contributed by atoms with Gasteiger partial charge >= 0.3 is 5.97 Å². The molecule has 6 nitrogen and oxygen atoms in total. The molecule has 0 saturated heterocycles. The van der Waals surface area contributed by atoms with E-state index in [4.69, 9.17) is 4.74 Å². The van der Waals surface area contributed by atoms with Crippen molar-refractivity contribution in [1.29, 1.82) is 0 Å². The maximum Gasteiger partial charge on any atom is 0.338 e. The highest BCUT2D eigenvalue weighted by Gasteiger charge is 2.76. The highest BCUT2D eigenvalue weighted by atomic mass is 19.1. The number of Topliss-reactive ketones (excluding diaryl/α,β-unsaturated/α-hetero) is 1. The van der Waals surface area contributed by atoms with Crippen LogP contribution in [0.25, 0.3) is 0 Å². The fraction of sp³-hybridized carbons (Fsp3) is 0.581. The minimum Gasteiger partial charge on any atom is -0.454 e. The van der Waals surface area contributed by atoms with Gasteiger partial charge in [-0.1, -0.05) is 39.0 Å². The summed E-state index contributed by atoms with van der Waals surface area (Å²) < 4.78 is 38.1. The summed E-state index contributed by atoms with van der Waals surface area (Å²) in [4.78, 5) is 38.2. The molecule has 1 aromatic carbocycles. The van der Waals surface area contributed by atoms with Crippen molar-refractivity contribution < 1.29 is 38.1 Å². The van der Waals surface area contributed by atoms with Crippen LogP contribution >= 0.6 is 0 Å². The number of aryl methyl sites for hydroxylation is 1. The third kappa shape index (κ3) is 3.67. The zero-order valence-electron chi connectivity index (χ0n) is 22.7. The third-order valence-electron chi connectivity index (χ3n) is 10.6. The minimum atomic E-state index is -2.30. The van der Waals surface area contributed by atoms with E-state index in [0.29, 0.717) is 0 Å². The van der Waals surface area contributed by atoms with E-state index in [-0.39, 0.29) is 30.4 Å². The van der Waals surface area contributed by atoms with E-state index in [9.17, 15) is 24.6 Å². The van der Waals surface area contributed by atoms with Crippen molar-refractivity contribution in [3.05, 3.63) is 59.2 Å². The number of benzene rings is 1. The standard InChI is InChI=1S/C31H36F2O6/c1-5-18-6-8-19(9-7-18)27(37)39-16-26(36)31(38)17(2)12-21-22-14-24(32)23-13-20(34)10-11-28(23,3)30(22,33)25(35)15-29(21,31)4/h6-11,13,17,21-22,24-25,35,38H,5,12,14-16H2,1-4H3/t17-,21?,22?,24+,25+,28+,29+,30+,31+/m1/s1. The van der Waals surface area contributed by atoms with Gasteiger partial charge in [-0.15, -0.1) is 0 Å². The SMILES string of the molecule is CCc1ccc(C(=O)OCC(=O)[C@@]2(O)[C@H](C)CC3C4C[C@H](F)C5=CC(=O)C=C[C@]5(C)[C@@]4(F)[C@@H](O)C[C@@]32C)cc1. The van der Waals surface area contributed by atoms with Crippen LogP contribution in [-0.4, -0.2) is 57.9 Å². The maximum atomic E-state index is 17.3. The van der Waals surface area contributed by atoms with Gasteiger partial charge in [-0.05, 0) is 79.9 Å². The number of halogens is 2. The molecule has 8 heteroatoms. The Morgan fingerprint density at radius 3 is 2.44 bits per heavy atom. The number of rotatable bonds is 5. The highest BCUT2D eigenvalue weighted by molar-refractivity contribution is 6.01. The average molecular weight is 543 g/mol. The highest BCUT2D eigenvalue weighted by Crippen LogP contribution is 2.71. The smallest absolute Gasteiger partial charge is 0.338 e. The lowest BCUT2D eigenvalue weighted by atomic mass is 9.44. The topological polar surface area (TPSA) is 101 Å². The van der Waals surface area contributed by atoms with Gasteiger partial charge in [0.25, 0.3) is 0 Å². The summed E-state index contributed by atoms with van der Waals surface area (Å²) >= 11 is 0. The molecule has 0 aromatic heterocycles. The van der Waals surface area contributed by atoms with E-state index >= 15 is 8.78 Å². The van der Waals surface area contributed by atoms with Crippen LogP contribution < -0.4 is 0 Å². The molecule has 2 N–H and O–H groups in total. The number of aliphatic hydroxyl groups is 2. The first kappa shape index (κ1) is 27.8. The number of carbonyl (C=O) groups is 3. The van der Waals surface area contributed by atoms with Gasteiger partial charge in [0.1, 0.15) is 11.8 Å². The molecule has 4 aliphatic rings. The lowest BCUT2D eigenvalue weighted by molar-refractivity contribution is -0.223. The third-order valence-corrected chi connectivity index (χ3v) is 10.6. The van der Waals surface area contributed by atoms with Crippen LogP contribution in [0.2, 0.25) is 0 Å². The predicted molar refractivity (Wildman–Crippen MR) is 139 cm³/mol. The second kappa shape index (κ2) is 9.16. The molecule has 0 radical (unpaired) electrons. The van der Waals surface area contributed by atoms with E-state index < -0.39 is 76.3 Å². The van der Waals surface area contributed by atoms with E-state index in [1.807, 2.05) is 6.92 Å². The summed E-state index contributed by atoms with van der Waals surface area (Å²) in [5.74, 6) is -4.14. The maximum absolute atomic E-state index is 17.3. The Morgan fingerprint density at radius 2 is 1.79 bits per heavy atom. The second-order valence-electron chi connectivity index (χ2n) is 12.3. The van der Waals surface area contributed by atoms with Crippen LogP contribution in [0.4, 0.5) is 8.78 Å². The molecule has 39 heavy (non-hydrogen) atoms. The number of alkyl halides is 2. The summed E-state index contributed by atoms with van der Waals surface area (Å²) in [6.07, 6.45) is 0.988. The number of esters is 1. The van der Waals surface area contributed by atoms with Crippen molar-refractivity contribution in [2.75, 3.05) is 6.61 Å². The van der Waals surface area contributed by atoms with Crippen LogP contribution in [0.15, 0.2) is 48.1 Å². The van der Waals surface area contributed by atoms with Crippen LogP contribution in [0.3, 0.4) is 0 Å². The van der Waals surface area contributed by atoms with Crippen LogP contribution in [0, 0.1) is 28.6 Å². The molecule has 5 rings (SSSR count). The largest absolute Gasteiger partial charge is 0.454 e. The summed E-state index contributed by atoms with van der Waals surface area (Å²) in [6.45, 7) is 6.15. The number of hydrogen-bond donors (Lipinski definition) is 2. The van der Waals surface area contributed by atoms with Gasteiger partial charge in [-0.3, -0.25) is 9.59 Å². The fourth-order valence-corrected chi connectivity index (χ4v) is 8.33. The molecule has 9 atom stereocenters. The van der Waals surface area contributed by atoms with Gasteiger partial charge in [0.15, 0.2) is 18.1 Å². The lowest BCUT2D eigenvalue weighted by Gasteiger charge is -2.63. The number of aliphatic hydroxyl groups excluding tert-OH is 1. The quantitative estimate of drug-likeness (QED) is 0.539. The van der Waals surface area contributed by atoms with Gasteiger partial charge in [0.2, 0.25) is 5.78 Å². The summed E-state index contributed by atoms with van der Waals surface area (Å²) in [5, 5.41) is 23.4. The van der Waals surface area contributed by atoms with E-state index in [2.05, 4.69) is 0 Å². The first-order chi connectivity index (χ1) is 18.2. The van der Waals surface area contributed by atoms with Crippen molar-refractivity contribution >= 4 is 17.5 Å². The number of hydrogen-bond acceptors (Lipinski definition) is 6. The molecule has 0 bridgehead atoms. The zero-order chi connectivity index (χ0) is 28.5. The van der Waals surface area contributed by atoms with Gasteiger partial charge in [0, 0.05) is 16.7 Å². The molecule has 0 heterocycles. The van der Waals surface area contributed by atoms with Crippen molar-refractivity contribution in [3.8, 4) is 0 Å². The summed E-state index contributed by atoms with van der Waals surface area (Å²) in [7, 11) is 0. The average Bonchev–Trinajstić information content (AvgIpc) is 3.11. The molecule has 0 amide bonds. The van der Waals surface area contributed by atoms with Crippen molar-refractivity contribution in [3.63, 3.8) is 0 Å². The molecule has 2 unspecified atom stereocenters. The molecular weight excluding hydrogens is 506 g/mol. The molecule has 3 fully saturated rings. The van der Waals surface area contributed by atoms with E-state index in [1.54, 1.807) is 38.1 Å². The monoisotopic (exact) mass is 542 g/mol. The predicted octanol–water partition coefficient (Wildman–Crippen LogP) is 4.27. The van der Waals surface area contributed by atoms with Gasteiger partial charge in [-0.25, -0.2) is 13.6 Å². The normalized spacial score (nSPS) is 42.7. The Balaban J connectivity index is 1.43. The van der Waals surface area contributed by atoms with E-state index in [0.717, 1.165) is 18.1 Å². The molecular formula is C31H36F2O6. The van der Waals surface area contributed by atoms with E-state index in [1.165, 1.54) is 19.1 Å². The first-order valence-corrected chi connectivity index (χ1v) is 13.7. The zero-order valence-corrected chi connectivity index (χ0v) is 22.7. The Morgan fingerprint density at radius 1 is 1.13 bits per heavy atom. The van der Waals surface area contributed by atoms with Gasteiger partial charge < -0.3 is 14.9 Å². The van der Waals surface area contributed by atoms with Crippen molar-refractivity contribution in [1.82, 2.24) is 0 Å². The second-order valence-corrected chi connectivity index (χ2v) is 12.3. The van der Waals surface area contributed by atoms with Crippen molar-refractivity contribution in [2.45, 2.75) is 76.9 Å². The minimum absolute atomic E-state index is 0.0210. The number of ether oxygens (including phenoxy) is 1. The molecule has 210 valence electrons. The molecule has 0 aliphatic heterocycles. The number of ketones is 2. The Bertz CT molecular complexity index is 1270. The van der Waals surface area contributed by atoms with Gasteiger partial charge in [0.05, 0.1) is 11.7 Å². The summed E-state index contributed by atoms with van der Waals surface area (Å²) in [5.41, 5.74) is -5.81. The Kier molecular flexibility index (Phi) is 6.54. The Labute approximate surface area is 227 Å². The fourth-order valence-electron chi connectivity index (χ4n) is 8.33. The number of allylic oxidation sites excluding steroid dienone is 4. The molecule has 1 aromatic rings. The van der Waals surface area contributed by atoms with Gasteiger partial charge in [-0.2, -0.15) is 0 Å². The molecule has 4 aliphatic carbocycles. The molecule has 0 spiro atoms. The van der Waals surface area contributed by atoms with Crippen LogP contribution in [0.5, 0.6) is 0 Å². The Hall–Kier alpha value is -2.71. The number of fused-ring (bicyclic) bond motifs is 5. The van der Waals surface area contributed by atoms with Crippen LogP contribution in [-0.2, 0) is 20.7 Å². The first-order valence-electron chi connectivity index (χ1n) is 13.7. The lowest BCUT2D eigenvalue weighted by Crippen LogP contribution is -2.70. The van der Waals surface area contributed by atoms with Crippen LogP contribution in [0.1, 0.15) is 62.9 Å².